The largest absolute Gasteiger partial charge is 0.573 e. The summed E-state index contributed by atoms with van der Waals surface area (Å²) in [6, 6.07) is 8.04. The molecule has 0 spiro atoms. The van der Waals surface area contributed by atoms with Crippen molar-refractivity contribution in [3.8, 4) is 11.5 Å². The lowest BCUT2D eigenvalue weighted by molar-refractivity contribution is -0.274. The first-order valence-corrected chi connectivity index (χ1v) is 13.3. The minimum absolute atomic E-state index is 0.0181. The summed E-state index contributed by atoms with van der Waals surface area (Å²) in [5.41, 5.74) is 0.0410. The third-order valence-corrected chi connectivity index (χ3v) is 5.88. The summed E-state index contributed by atoms with van der Waals surface area (Å²) >= 11 is 0. The normalized spacial score (nSPS) is 12.4. The van der Waals surface area contributed by atoms with Crippen molar-refractivity contribution in [1.82, 2.24) is 35.3 Å². The molecular formula is C27H25F7N8O4. The van der Waals surface area contributed by atoms with E-state index in [9.17, 15) is 40.3 Å². The Kier molecular flexibility index (Phi) is 10.4. The zero-order valence-corrected chi connectivity index (χ0v) is 23.8. The maximum Gasteiger partial charge on any atom is 0.573 e. The third-order valence-electron chi connectivity index (χ3n) is 5.88. The van der Waals surface area contributed by atoms with E-state index >= 15 is 0 Å². The van der Waals surface area contributed by atoms with Crippen molar-refractivity contribution in [1.29, 1.82) is 0 Å². The zero-order chi connectivity index (χ0) is 33.5. The molecule has 2 heterocycles. The highest BCUT2D eigenvalue weighted by atomic mass is 19.4. The number of aryl methyl sites for hydroxylation is 1. The van der Waals surface area contributed by atoms with Crippen molar-refractivity contribution in [3.05, 3.63) is 77.5 Å². The van der Waals surface area contributed by atoms with Crippen LogP contribution in [0, 0.1) is 5.82 Å². The van der Waals surface area contributed by atoms with E-state index in [1.54, 1.807) is 6.07 Å². The number of alkyl halides is 6. The molecule has 4 rings (SSSR count). The smallest absolute Gasteiger partial charge is 0.433 e. The molecule has 1 atom stereocenters. The number of carbonyl (C=O) groups is 2. The van der Waals surface area contributed by atoms with Crippen LogP contribution in [0.2, 0.25) is 0 Å². The van der Waals surface area contributed by atoms with Crippen molar-refractivity contribution in [2.75, 3.05) is 5.32 Å². The second-order valence-electron chi connectivity index (χ2n) is 9.84. The van der Waals surface area contributed by atoms with Crippen LogP contribution in [0.5, 0.6) is 11.5 Å². The molecule has 0 bridgehead atoms. The van der Waals surface area contributed by atoms with Crippen LogP contribution in [0.15, 0.2) is 54.9 Å². The van der Waals surface area contributed by atoms with E-state index in [-0.39, 0.29) is 48.9 Å². The molecule has 246 valence electrons. The van der Waals surface area contributed by atoms with E-state index in [0.717, 1.165) is 22.9 Å². The van der Waals surface area contributed by atoms with Gasteiger partial charge in [0.25, 0.3) is 5.91 Å². The molecule has 19 heteroatoms. The molecule has 2 aromatic carbocycles. The lowest BCUT2D eigenvalue weighted by atomic mass is 10.1. The van der Waals surface area contributed by atoms with Gasteiger partial charge in [-0.25, -0.2) is 13.5 Å². The van der Waals surface area contributed by atoms with Crippen molar-refractivity contribution in [3.63, 3.8) is 0 Å². The Morgan fingerprint density at radius 1 is 0.957 bits per heavy atom. The number of ether oxygens (including phenoxy) is 2. The van der Waals surface area contributed by atoms with Crippen molar-refractivity contribution in [2.45, 2.75) is 58.0 Å². The lowest BCUT2D eigenvalue weighted by Crippen LogP contribution is -2.23. The molecule has 4 aromatic rings. The molecule has 2 N–H and O–H groups in total. The Labute approximate surface area is 255 Å². The summed E-state index contributed by atoms with van der Waals surface area (Å²) in [6.45, 7) is 0.337. The topological polar surface area (TPSA) is 138 Å². The van der Waals surface area contributed by atoms with Gasteiger partial charge in [-0.15, -0.1) is 23.4 Å². The summed E-state index contributed by atoms with van der Waals surface area (Å²) < 4.78 is 103. The van der Waals surface area contributed by atoms with Crippen LogP contribution < -0.4 is 20.1 Å². The molecule has 2 amide bonds. The Morgan fingerprint density at radius 3 is 2.43 bits per heavy atom. The predicted octanol–water partition coefficient (Wildman–Crippen LogP) is 4.44. The first kappa shape index (κ1) is 33.7. The predicted molar refractivity (Wildman–Crippen MR) is 144 cm³/mol. The number of amides is 2. The van der Waals surface area contributed by atoms with E-state index in [1.165, 1.54) is 35.3 Å². The number of halogens is 7. The van der Waals surface area contributed by atoms with E-state index in [4.69, 9.17) is 0 Å². The Balaban J connectivity index is 1.21. The number of hydrogen-bond acceptors (Lipinski definition) is 8. The van der Waals surface area contributed by atoms with Gasteiger partial charge in [0.2, 0.25) is 5.91 Å². The number of rotatable bonds is 14. The average molecular weight is 659 g/mol. The van der Waals surface area contributed by atoms with E-state index in [1.807, 2.05) is 0 Å². The maximum absolute atomic E-state index is 14.6. The van der Waals surface area contributed by atoms with Crippen molar-refractivity contribution < 1.29 is 49.8 Å². The fraction of sp³-hybridized carbons (Fsp3) is 0.333. The van der Waals surface area contributed by atoms with Gasteiger partial charge in [-0.2, -0.15) is 8.78 Å². The van der Waals surface area contributed by atoms with Crippen LogP contribution in [0.1, 0.15) is 35.0 Å². The summed E-state index contributed by atoms with van der Waals surface area (Å²) in [5.74, 6) is -3.16. The minimum Gasteiger partial charge on any atom is -0.433 e. The van der Waals surface area contributed by atoms with Gasteiger partial charge in [-0.05, 0) is 35.9 Å². The molecule has 0 radical (unpaired) electrons. The molecule has 0 aliphatic heterocycles. The van der Waals surface area contributed by atoms with Crippen LogP contribution in [-0.4, -0.2) is 60.4 Å². The van der Waals surface area contributed by atoms with Gasteiger partial charge in [0.15, 0.2) is 11.5 Å². The molecule has 12 nitrogen and oxygen atoms in total. The van der Waals surface area contributed by atoms with Crippen LogP contribution in [0.3, 0.4) is 0 Å². The fourth-order valence-electron chi connectivity index (χ4n) is 3.97. The Hall–Kier alpha value is -5.23. The van der Waals surface area contributed by atoms with E-state index < -0.39 is 48.4 Å². The van der Waals surface area contributed by atoms with Crippen molar-refractivity contribution >= 4 is 17.6 Å². The molecular weight excluding hydrogens is 633 g/mol. The molecule has 0 aliphatic carbocycles. The second kappa shape index (κ2) is 14.2. The van der Waals surface area contributed by atoms with Gasteiger partial charge in [0.1, 0.15) is 23.5 Å². The standard InChI is InChI=1S/C27H25F7N8O4/c1-26(30,31)45-19-4-2-3-16(9-19)12-35-25(44)22-14-42(39-37-22)13-18(28)7-8-41-15-23(38-40-41)36-24(43)11-17-10-20(5-6-21(17)29)46-27(32,33)34/h2-6,9-10,14-15,18H,7-8,11-13H2,1H3,(H,35,44)(H,36,43). The van der Waals surface area contributed by atoms with Gasteiger partial charge in [-0.1, -0.05) is 22.6 Å². The molecule has 0 saturated carbocycles. The van der Waals surface area contributed by atoms with E-state index in [0.29, 0.717) is 12.5 Å². The first-order chi connectivity index (χ1) is 21.6. The SMILES string of the molecule is CC(F)(F)Oc1cccc(CNC(=O)c2cn(CC(F)CCn3cc(NC(=O)Cc4cc(OC(F)(F)F)ccc4F)nn3)nn2)c1. The third kappa shape index (κ3) is 10.7. The molecule has 46 heavy (non-hydrogen) atoms. The first-order valence-electron chi connectivity index (χ1n) is 13.3. The Bertz CT molecular complexity index is 1660. The van der Waals surface area contributed by atoms with Crippen molar-refractivity contribution in [2.24, 2.45) is 0 Å². The lowest BCUT2D eigenvalue weighted by Gasteiger charge is -2.13. The van der Waals surface area contributed by atoms with Gasteiger partial charge in [0, 0.05) is 32.0 Å². The van der Waals surface area contributed by atoms with Gasteiger partial charge in [0.05, 0.1) is 25.4 Å². The van der Waals surface area contributed by atoms with Crippen LogP contribution in [0.4, 0.5) is 36.6 Å². The molecule has 0 fully saturated rings. The van der Waals surface area contributed by atoms with Crippen LogP contribution in [-0.2, 0) is 30.8 Å². The highest BCUT2D eigenvalue weighted by Gasteiger charge is 2.31. The number of carbonyl (C=O) groups excluding carboxylic acids is 2. The number of anilines is 1. The monoisotopic (exact) mass is 658 g/mol. The molecule has 0 saturated heterocycles. The van der Waals surface area contributed by atoms with Gasteiger partial charge in [-0.3, -0.25) is 14.3 Å². The summed E-state index contributed by atoms with van der Waals surface area (Å²) in [4.78, 5) is 24.7. The number of benzene rings is 2. The minimum atomic E-state index is -4.99. The molecule has 2 aromatic heterocycles. The summed E-state index contributed by atoms with van der Waals surface area (Å²) in [6.07, 6.45) is -8.02. The molecule has 0 aliphatic rings. The average Bonchev–Trinajstić information content (AvgIpc) is 3.60. The summed E-state index contributed by atoms with van der Waals surface area (Å²) in [5, 5.41) is 19.8. The van der Waals surface area contributed by atoms with E-state index in [2.05, 4.69) is 40.7 Å². The number of nitrogens with one attached hydrogen (secondary N) is 2. The Morgan fingerprint density at radius 2 is 1.70 bits per heavy atom. The maximum atomic E-state index is 14.6. The van der Waals surface area contributed by atoms with Crippen LogP contribution >= 0.6 is 0 Å². The highest BCUT2D eigenvalue weighted by molar-refractivity contribution is 5.92. The summed E-state index contributed by atoms with van der Waals surface area (Å²) in [7, 11) is 0. The quantitative estimate of drug-likeness (QED) is 0.190. The van der Waals surface area contributed by atoms with Gasteiger partial charge >= 0.3 is 12.5 Å². The second-order valence-corrected chi connectivity index (χ2v) is 9.84. The van der Waals surface area contributed by atoms with Crippen LogP contribution in [0.25, 0.3) is 0 Å². The zero-order valence-electron chi connectivity index (χ0n) is 23.8. The fourth-order valence-corrected chi connectivity index (χ4v) is 3.97. The number of aromatic nitrogens is 6. The number of nitrogens with zero attached hydrogens (tertiary/aromatic N) is 6. The highest BCUT2D eigenvalue weighted by Crippen LogP contribution is 2.25. The molecule has 1 unspecified atom stereocenters. The van der Waals surface area contributed by atoms with Gasteiger partial charge < -0.3 is 20.1 Å². The number of hydrogen-bond donors (Lipinski definition) is 2.